The van der Waals surface area contributed by atoms with Crippen LogP contribution in [0.1, 0.15) is 18.4 Å². The maximum Gasteiger partial charge on any atom is 0.306 e. The molecule has 0 fully saturated rings. The SMILES string of the molecule is O=C(O)CCC(=O)OCc1ccc(N(CCCl)CCCl)cc1. The van der Waals surface area contributed by atoms with E-state index in [4.69, 9.17) is 33.0 Å². The molecular weight excluding hydrogens is 329 g/mol. The van der Waals surface area contributed by atoms with E-state index in [0.29, 0.717) is 24.8 Å². The van der Waals surface area contributed by atoms with Crippen LogP contribution in [-0.2, 0) is 20.9 Å². The Labute approximate surface area is 139 Å². The fourth-order valence-corrected chi connectivity index (χ4v) is 2.23. The van der Waals surface area contributed by atoms with Crippen LogP contribution < -0.4 is 4.90 Å². The lowest BCUT2D eigenvalue weighted by molar-refractivity contribution is -0.148. The van der Waals surface area contributed by atoms with Gasteiger partial charge in [0.05, 0.1) is 12.8 Å². The molecule has 0 spiro atoms. The fraction of sp³-hybridized carbons (Fsp3) is 0.467. The number of carbonyl (C=O) groups excluding carboxylic acids is 1. The second-order valence-corrected chi connectivity index (χ2v) is 5.34. The molecule has 0 atom stereocenters. The maximum atomic E-state index is 11.3. The first-order valence-electron chi connectivity index (χ1n) is 6.90. The van der Waals surface area contributed by atoms with Gasteiger partial charge in [-0.2, -0.15) is 0 Å². The Kier molecular flexibility index (Phi) is 8.70. The minimum atomic E-state index is -1.01. The van der Waals surface area contributed by atoms with Crippen molar-refractivity contribution in [3.63, 3.8) is 0 Å². The Morgan fingerprint density at radius 2 is 1.64 bits per heavy atom. The minimum absolute atomic E-state index is 0.118. The summed E-state index contributed by atoms with van der Waals surface area (Å²) < 4.78 is 5.02. The topological polar surface area (TPSA) is 66.8 Å². The number of carboxylic acids is 1. The van der Waals surface area contributed by atoms with Gasteiger partial charge in [0, 0.05) is 30.5 Å². The molecule has 122 valence electrons. The molecule has 7 heteroatoms. The summed E-state index contributed by atoms with van der Waals surface area (Å²) in [4.78, 5) is 23.8. The summed E-state index contributed by atoms with van der Waals surface area (Å²) in [7, 11) is 0. The molecule has 0 aromatic heterocycles. The first kappa shape index (κ1) is 18.6. The number of benzene rings is 1. The first-order valence-corrected chi connectivity index (χ1v) is 7.97. The molecule has 22 heavy (non-hydrogen) atoms. The molecule has 0 aliphatic carbocycles. The van der Waals surface area contributed by atoms with Crippen LogP contribution in [0.4, 0.5) is 5.69 Å². The van der Waals surface area contributed by atoms with E-state index in [1.807, 2.05) is 24.3 Å². The zero-order valence-electron chi connectivity index (χ0n) is 12.1. The van der Waals surface area contributed by atoms with Crippen LogP contribution >= 0.6 is 23.2 Å². The lowest BCUT2D eigenvalue weighted by Gasteiger charge is -2.23. The van der Waals surface area contributed by atoms with E-state index in [2.05, 4.69) is 4.90 Å². The number of hydrogen-bond acceptors (Lipinski definition) is 4. The van der Waals surface area contributed by atoms with E-state index >= 15 is 0 Å². The zero-order chi connectivity index (χ0) is 16.4. The van der Waals surface area contributed by atoms with Gasteiger partial charge in [0.2, 0.25) is 0 Å². The van der Waals surface area contributed by atoms with Crippen molar-refractivity contribution < 1.29 is 19.4 Å². The largest absolute Gasteiger partial charge is 0.481 e. The lowest BCUT2D eigenvalue weighted by Crippen LogP contribution is -2.27. The molecule has 0 heterocycles. The molecule has 0 aliphatic heterocycles. The van der Waals surface area contributed by atoms with E-state index in [9.17, 15) is 9.59 Å². The van der Waals surface area contributed by atoms with Crippen LogP contribution in [-0.4, -0.2) is 41.9 Å². The Morgan fingerprint density at radius 1 is 1.05 bits per heavy atom. The second-order valence-electron chi connectivity index (χ2n) is 4.59. The van der Waals surface area contributed by atoms with Crippen LogP contribution in [0.25, 0.3) is 0 Å². The van der Waals surface area contributed by atoms with Gasteiger partial charge in [-0.25, -0.2) is 0 Å². The van der Waals surface area contributed by atoms with Crippen LogP contribution in [0, 0.1) is 0 Å². The van der Waals surface area contributed by atoms with Crippen LogP contribution in [0.5, 0.6) is 0 Å². The Bertz CT molecular complexity index is 473. The average Bonchev–Trinajstić information content (AvgIpc) is 2.51. The van der Waals surface area contributed by atoms with E-state index in [1.165, 1.54) is 0 Å². The van der Waals surface area contributed by atoms with Gasteiger partial charge < -0.3 is 14.7 Å². The molecule has 0 radical (unpaired) electrons. The van der Waals surface area contributed by atoms with Crippen molar-refractivity contribution in [1.29, 1.82) is 0 Å². The number of nitrogens with zero attached hydrogens (tertiary/aromatic N) is 1. The van der Waals surface area contributed by atoms with Crippen molar-refractivity contribution in [2.24, 2.45) is 0 Å². The van der Waals surface area contributed by atoms with Crippen LogP contribution in [0.15, 0.2) is 24.3 Å². The first-order chi connectivity index (χ1) is 10.6. The van der Waals surface area contributed by atoms with Crippen molar-refractivity contribution in [1.82, 2.24) is 0 Å². The smallest absolute Gasteiger partial charge is 0.306 e. The summed E-state index contributed by atoms with van der Waals surface area (Å²) in [5.41, 5.74) is 1.84. The van der Waals surface area contributed by atoms with Gasteiger partial charge in [-0.1, -0.05) is 12.1 Å². The summed E-state index contributed by atoms with van der Waals surface area (Å²) in [6, 6.07) is 7.55. The molecule has 0 amide bonds. The number of carboxylic acid groups (broad SMARTS) is 1. The Balaban J connectivity index is 2.50. The predicted octanol–water partition coefficient (Wildman–Crippen LogP) is 2.88. The van der Waals surface area contributed by atoms with Gasteiger partial charge in [-0.3, -0.25) is 9.59 Å². The normalized spacial score (nSPS) is 10.3. The summed E-state index contributed by atoms with van der Waals surface area (Å²) in [5, 5.41) is 8.49. The van der Waals surface area contributed by atoms with Crippen LogP contribution in [0.3, 0.4) is 0 Å². The maximum absolute atomic E-state index is 11.3. The highest BCUT2D eigenvalue weighted by atomic mass is 35.5. The van der Waals surface area contributed by atoms with Gasteiger partial charge in [-0.15, -0.1) is 23.2 Å². The van der Waals surface area contributed by atoms with Crippen molar-refractivity contribution >= 4 is 40.8 Å². The summed E-state index contributed by atoms with van der Waals surface area (Å²) >= 11 is 11.5. The van der Waals surface area contributed by atoms with E-state index < -0.39 is 11.9 Å². The second kappa shape index (κ2) is 10.3. The Morgan fingerprint density at radius 3 is 2.14 bits per heavy atom. The third-order valence-electron chi connectivity index (χ3n) is 2.95. The van der Waals surface area contributed by atoms with E-state index in [1.54, 1.807) is 0 Å². The van der Waals surface area contributed by atoms with Gasteiger partial charge in [0.15, 0.2) is 0 Å². The molecule has 0 bridgehead atoms. The molecule has 1 aromatic rings. The molecule has 0 aliphatic rings. The predicted molar refractivity (Wildman–Crippen MR) is 86.8 cm³/mol. The highest BCUT2D eigenvalue weighted by molar-refractivity contribution is 6.18. The number of alkyl halides is 2. The molecule has 0 unspecified atom stereocenters. The summed E-state index contributed by atoms with van der Waals surface area (Å²) in [6.07, 6.45) is -0.337. The quantitative estimate of drug-likeness (QED) is 0.520. The van der Waals surface area contributed by atoms with E-state index in [-0.39, 0.29) is 19.4 Å². The average molecular weight is 348 g/mol. The standard InChI is InChI=1S/C15H19Cl2NO4/c16-7-9-18(10-8-17)13-3-1-12(2-4-13)11-22-15(21)6-5-14(19)20/h1-4H,5-11H2,(H,19,20). The molecule has 0 saturated carbocycles. The zero-order valence-corrected chi connectivity index (χ0v) is 13.6. The molecule has 5 nitrogen and oxygen atoms in total. The highest BCUT2D eigenvalue weighted by Crippen LogP contribution is 2.16. The number of anilines is 1. The van der Waals surface area contributed by atoms with Crippen molar-refractivity contribution in [3.8, 4) is 0 Å². The van der Waals surface area contributed by atoms with Gasteiger partial charge >= 0.3 is 11.9 Å². The van der Waals surface area contributed by atoms with Gasteiger partial charge in [0.1, 0.15) is 6.61 Å². The van der Waals surface area contributed by atoms with Crippen molar-refractivity contribution in [2.75, 3.05) is 29.7 Å². The van der Waals surface area contributed by atoms with Crippen LogP contribution in [0.2, 0.25) is 0 Å². The monoisotopic (exact) mass is 347 g/mol. The van der Waals surface area contributed by atoms with Crippen molar-refractivity contribution in [3.05, 3.63) is 29.8 Å². The number of esters is 1. The summed E-state index contributed by atoms with van der Waals surface area (Å²) in [6.45, 7) is 1.54. The van der Waals surface area contributed by atoms with Crippen molar-refractivity contribution in [2.45, 2.75) is 19.4 Å². The molecule has 0 saturated heterocycles. The highest BCUT2D eigenvalue weighted by Gasteiger charge is 2.08. The van der Waals surface area contributed by atoms with E-state index in [0.717, 1.165) is 11.3 Å². The Hall–Kier alpha value is -1.46. The molecule has 1 rings (SSSR count). The number of aliphatic carboxylic acids is 1. The molecule has 1 N–H and O–H groups in total. The fourth-order valence-electron chi connectivity index (χ4n) is 1.82. The number of halogens is 2. The minimum Gasteiger partial charge on any atom is -0.481 e. The number of hydrogen-bond donors (Lipinski definition) is 1. The molecule has 1 aromatic carbocycles. The number of rotatable bonds is 10. The molecular formula is C15H19Cl2NO4. The third-order valence-corrected chi connectivity index (χ3v) is 3.29. The third kappa shape index (κ3) is 7.00. The number of ether oxygens (including phenoxy) is 1. The van der Waals surface area contributed by atoms with Gasteiger partial charge in [0.25, 0.3) is 0 Å². The number of carbonyl (C=O) groups is 2. The summed E-state index contributed by atoms with van der Waals surface area (Å²) in [5.74, 6) is -0.503. The lowest BCUT2D eigenvalue weighted by atomic mass is 10.2. The van der Waals surface area contributed by atoms with Gasteiger partial charge in [-0.05, 0) is 17.7 Å².